The number of halogens is 3. The third-order valence-corrected chi connectivity index (χ3v) is 1.87. The van der Waals surface area contributed by atoms with Crippen LogP contribution in [0.2, 0.25) is 0 Å². The summed E-state index contributed by atoms with van der Waals surface area (Å²) in [5, 5.41) is 2.34. The highest BCUT2D eigenvalue weighted by Crippen LogP contribution is 2.23. The van der Waals surface area contributed by atoms with Gasteiger partial charge in [-0.15, -0.1) is 0 Å². The Labute approximate surface area is 98.8 Å². The van der Waals surface area contributed by atoms with Crippen molar-refractivity contribution in [3.05, 3.63) is 35.1 Å². The quantitative estimate of drug-likeness (QED) is 0.871. The molecular formula is C12H16F3NO. The molecule has 0 heterocycles. The van der Waals surface area contributed by atoms with Gasteiger partial charge in [0.05, 0.1) is 5.56 Å². The number of hydrogen-bond acceptors (Lipinski definition) is 1. The molecule has 0 aliphatic carbocycles. The monoisotopic (exact) mass is 247 g/mol. The molecule has 0 saturated carbocycles. The van der Waals surface area contributed by atoms with Crippen LogP contribution >= 0.6 is 0 Å². The molecule has 0 aliphatic rings. The molecule has 1 rings (SSSR count). The van der Waals surface area contributed by atoms with Crippen molar-refractivity contribution in [1.82, 2.24) is 5.32 Å². The van der Waals surface area contributed by atoms with E-state index in [9.17, 15) is 18.0 Å². The highest BCUT2D eigenvalue weighted by atomic mass is 19.3. The fraction of sp³-hybridized carbons (Fsp3) is 0.417. The van der Waals surface area contributed by atoms with Crippen LogP contribution in [0, 0.1) is 5.82 Å². The molecule has 0 aromatic heterocycles. The van der Waals surface area contributed by atoms with Gasteiger partial charge in [-0.2, -0.15) is 0 Å². The second-order valence-corrected chi connectivity index (χ2v) is 3.03. The number of rotatable bonds is 3. The Bertz CT molecular complexity index is 367. The minimum atomic E-state index is -2.85. The van der Waals surface area contributed by atoms with E-state index in [2.05, 4.69) is 5.32 Å². The molecule has 5 heteroatoms. The summed E-state index contributed by atoms with van der Waals surface area (Å²) in [7, 11) is 0. The molecule has 0 aliphatic heterocycles. The van der Waals surface area contributed by atoms with Gasteiger partial charge in [-0.05, 0) is 0 Å². The lowest BCUT2D eigenvalue weighted by Gasteiger charge is -2.07. The fourth-order valence-corrected chi connectivity index (χ4v) is 1.12. The van der Waals surface area contributed by atoms with Gasteiger partial charge in [0.15, 0.2) is 0 Å². The summed E-state index contributed by atoms with van der Waals surface area (Å²) >= 11 is 0. The Morgan fingerprint density at radius 2 is 1.94 bits per heavy atom. The lowest BCUT2D eigenvalue weighted by Crippen LogP contribution is -2.20. The van der Waals surface area contributed by atoms with E-state index in [1.165, 1.54) is 19.1 Å². The Kier molecular flexibility index (Phi) is 7.02. The molecule has 0 unspecified atom stereocenters. The molecule has 1 amide bonds. The van der Waals surface area contributed by atoms with E-state index < -0.39 is 17.8 Å². The molecule has 0 saturated heterocycles. The average molecular weight is 247 g/mol. The average Bonchev–Trinajstić information content (AvgIpc) is 2.30. The van der Waals surface area contributed by atoms with E-state index in [4.69, 9.17) is 0 Å². The maximum absolute atomic E-state index is 13.3. The van der Waals surface area contributed by atoms with Crippen molar-refractivity contribution in [2.24, 2.45) is 0 Å². The number of nitrogens with one attached hydrogen (secondary N) is 1. The van der Waals surface area contributed by atoms with Crippen LogP contribution in [0.15, 0.2) is 18.2 Å². The van der Waals surface area contributed by atoms with Crippen LogP contribution in [0.4, 0.5) is 13.2 Å². The molecular weight excluding hydrogens is 231 g/mol. The number of carbonyl (C=O) groups is 1. The van der Waals surface area contributed by atoms with Crippen molar-refractivity contribution in [1.29, 1.82) is 0 Å². The highest BCUT2D eigenvalue weighted by molar-refractivity contribution is 5.72. The van der Waals surface area contributed by atoms with Crippen LogP contribution in [-0.4, -0.2) is 5.91 Å². The van der Waals surface area contributed by atoms with Crippen LogP contribution in [-0.2, 0) is 11.3 Å². The van der Waals surface area contributed by atoms with E-state index in [0.29, 0.717) is 0 Å². The summed E-state index contributed by atoms with van der Waals surface area (Å²) in [6.45, 7) is 5.19. The van der Waals surface area contributed by atoms with Crippen molar-refractivity contribution in [2.45, 2.75) is 33.7 Å². The molecule has 0 radical (unpaired) electrons. The minimum absolute atomic E-state index is 0.0583. The highest BCUT2D eigenvalue weighted by Gasteiger charge is 2.15. The first-order valence-electron chi connectivity index (χ1n) is 5.32. The normalized spacial score (nSPS) is 9.59. The Balaban J connectivity index is 0.00000121. The zero-order chi connectivity index (χ0) is 13.4. The van der Waals surface area contributed by atoms with Crippen LogP contribution in [0.5, 0.6) is 0 Å². The number of carbonyl (C=O) groups excluding carboxylic acids is 1. The molecule has 0 fully saturated rings. The molecule has 1 aromatic rings. The lowest BCUT2D eigenvalue weighted by molar-refractivity contribution is -0.119. The Hall–Kier alpha value is -1.52. The fourth-order valence-electron chi connectivity index (χ4n) is 1.12. The van der Waals surface area contributed by atoms with E-state index in [-0.39, 0.29) is 18.0 Å². The summed E-state index contributed by atoms with van der Waals surface area (Å²) in [5.41, 5.74) is -0.583. The van der Waals surface area contributed by atoms with E-state index in [1.807, 2.05) is 13.8 Å². The maximum Gasteiger partial charge on any atom is 0.266 e. The Morgan fingerprint density at radius 3 is 2.41 bits per heavy atom. The topological polar surface area (TPSA) is 29.1 Å². The lowest BCUT2D eigenvalue weighted by atomic mass is 10.1. The Morgan fingerprint density at radius 1 is 1.35 bits per heavy atom. The summed E-state index contributed by atoms with van der Waals surface area (Å²) in [6, 6.07) is 3.72. The third kappa shape index (κ3) is 4.89. The van der Waals surface area contributed by atoms with Gasteiger partial charge in [0.1, 0.15) is 5.82 Å². The summed E-state index contributed by atoms with van der Waals surface area (Å²) < 4.78 is 37.9. The predicted octanol–water partition coefficient (Wildman–Crippen LogP) is 3.43. The first-order chi connectivity index (χ1) is 8.02. The van der Waals surface area contributed by atoms with Crippen LogP contribution in [0.3, 0.4) is 0 Å². The van der Waals surface area contributed by atoms with Crippen LogP contribution < -0.4 is 5.32 Å². The van der Waals surface area contributed by atoms with Gasteiger partial charge < -0.3 is 5.32 Å². The van der Waals surface area contributed by atoms with Crippen molar-refractivity contribution in [2.75, 3.05) is 0 Å². The van der Waals surface area contributed by atoms with Crippen molar-refractivity contribution >= 4 is 5.91 Å². The molecule has 0 bridgehead atoms. The zero-order valence-corrected chi connectivity index (χ0v) is 10.1. The van der Waals surface area contributed by atoms with E-state index in [0.717, 1.165) is 6.07 Å². The van der Waals surface area contributed by atoms with Gasteiger partial charge in [-0.25, -0.2) is 13.2 Å². The van der Waals surface area contributed by atoms with Crippen LogP contribution in [0.1, 0.15) is 38.3 Å². The summed E-state index contributed by atoms with van der Waals surface area (Å²) in [6.07, 6.45) is -2.85. The van der Waals surface area contributed by atoms with E-state index in [1.54, 1.807) is 0 Å². The molecule has 1 N–H and O–H groups in total. The molecule has 0 atom stereocenters. The van der Waals surface area contributed by atoms with Crippen molar-refractivity contribution < 1.29 is 18.0 Å². The smallest absolute Gasteiger partial charge is 0.266 e. The SMILES string of the molecule is CC.CC(=O)NCc1cccc(C(F)F)c1F. The molecule has 0 spiro atoms. The summed E-state index contributed by atoms with van der Waals surface area (Å²) in [4.78, 5) is 10.6. The summed E-state index contributed by atoms with van der Waals surface area (Å²) in [5.74, 6) is -1.29. The first kappa shape index (κ1) is 15.5. The number of amides is 1. The van der Waals surface area contributed by atoms with Gasteiger partial charge >= 0.3 is 0 Å². The van der Waals surface area contributed by atoms with Gasteiger partial charge in [0, 0.05) is 19.0 Å². The standard InChI is InChI=1S/C10H10F3NO.C2H6/c1-6(15)14-5-7-3-2-4-8(9(7)11)10(12)13;1-2/h2-4,10H,5H2,1H3,(H,14,15);1-2H3. The van der Waals surface area contributed by atoms with Crippen molar-refractivity contribution in [3.63, 3.8) is 0 Å². The maximum atomic E-state index is 13.3. The van der Waals surface area contributed by atoms with E-state index >= 15 is 0 Å². The molecule has 2 nitrogen and oxygen atoms in total. The first-order valence-corrected chi connectivity index (χ1v) is 5.32. The molecule has 1 aromatic carbocycles. The third-order valence-electron chi connectivity index (χ3n) is 1.87. The minimum Gasteiger partial charge on any atom is -0.352 e. The number of benzene rings is 1. The largest absolute Gasteiger partial charge is 0.352 e. The van der Waals surface area contributed by atoms with Crippen LogP contribution in [0.25, 0.3) is 0 Å². The number of alkyl halides is 2. The second kappa shape index (κ2) is 7.70. The van der Waals surface area contributed by atoms with Gasteiger partial charge in [-0.3, -0.25) is 4.79 Å². The van der Waals surface area contributed by atoms with Gasteiger partial charge in [-0.1, -0.05) is 32.0 Å². The molecule has 96 valence electrons. The van der Waals surface area contributed by atoms with Crippen molar-refractivity contribution in [3.8, 4) is 0 Å². The van der Waals surface area contributed by atoms with Gasteiger partial charge in [0.25, 0.3) is 6.43 Å². The predicted molar refractivity (Wildman–Crippen MR) is 60.2 cm³/mol. The zero-order valence-electron chi connectivity index (χ0n) is 10.1. The molecule has 17 heavy (non-hydrogen) atoms. The second-order valence-electron chi connectivity index (χ2n) is 3.03. The number of hydrogen-bond donors (Lipinski definition) is 1. The van der Waals surface area contributed by atoms with Gasteiger partial charge in [0.2, 0.25) is 5.91 Å².